The quantitative estimate of drug-likeness (QED) is 0.0238. The summed E-state index contributed by atoms with van der Waals surface area (Å²) in [6, 6.07) is 44.9. The van der Waals surface area contributed by atoms with Gasteiger partial charge in [-0.3, -0.25) is 39.4 Å². The van der Waals surface area contributed by atoms with Crippen LogP contribution in [0.25, 0.3) is 0 Å². The highest BCUT2D eigenvalue weighted by Crippen LogP contribution is 2.29. The van der Waals surface area contributed by atoms with Crippen LogP contribution in [0.5, 0.6) is 0 Å². The molecule has 0 spiro atoms. The number of aliphatic carboxylic acids is 1. The monoisotopic (exact) mass is 1690 g/mol. The molecule has 8 aromatic rings. The van der Waals surface area contributed by atoms with Gasteiger partial charge in [0.2, 0.25) is 17.7 Å². The number of aliphatic hydroxyl groups is 2. The van der Waals surface area contributed by atoms with Crippen molar-refractivity contribution in [3.63, 3.8) is 0 Å². The van der Waals surface area contributed by atoms with Crippen LogP contribution in [0.15, 0.2) is 146 Å². The lowest BCUT2D eigenvalue weighted by molar-refractivity contribution is -0.385. The van der Waals surface area contributed by atoms with Crippen molar-refractivity contribution in [3.05, 3.63) is 216 Å². The number of nitro groups is 2. The van der Waals surface area contributed by atoms with Crippen LogP contribution in [0.1, 0.15) is 157 Å². The number of anilines is 13. The Bertz CT molecular complexity index is 4120. The summed E-state index contributed by atoms with van der Waals surface area (Å²) in [6.07, 6.45) is 2.95. The average molecular weight is 1690 g/mol. The Balaban J connectivity index is -0.000000166. The smallest absolute Gasteiger partial charge is 0.300 e. The van der Waals surface area contributed by atoms with Crippen LogP contribution in [-0.4, -0.2) is 176 Å². The fourth-order valence-corrected chi connectivity index (χ4v) is 10.6. The Hall–Kier alpha value is -11.7. The predicted molar refractivity (Wildman–Crippen MR) is 530 cm³/mol. The molecule has 684 valence electrons. The van der Waals surface area contributed by atoms with Gasteiger partial charge in [-0.25, -0.2) is 0 Å². The molecule has 0 atom stereocenters. The minimum Gasteiger partial charge on any atom is -0.481 e. The first-order valence-electron chi connectivity index (χ1n) is 37.6. The second-order valence-corrected chi connectivity index (χ2v) is 27.5. The number of hydrogen-bond acceptors (Lipinski definition) is 21. The average Bonchev–Trinajstić information content (AvgIpc) is 0.848. The number of carboxylic acids is 1. The number of carbonyl (C=O) groups is 4. The molecule has 0 bridgehead atoms. The largest absolute Gasteiger partial charge is 0.481 e. The van der Waals surface area contributed by atoms with Gasteiger partial charge in [-0.1, -0.05) is 85.2 Å². The summed E-state index contributed by atoms with van der Waals surface area (Å²) in [5, 5.41) is 51.9. The maximum absolute atomic E-state index is 11.3. The number of nitrogens with two attached hydrogens (primary N) is 3. The third-order valence-corrected chi connectivity index (χ3v) is 16.6. The Kier molecular flexibility index (Phi) is 70.7. The van der Waals surface area contributed by atoms with Gasteiger partial charge in [0.25, 0.3) is 17.3 Å². The van der Waals surface area contributed by atoms with Crippen LogP contribution < -0.4 is 71.9 Å². The lowest BCUT2D eigenvalue weighted by atomic mass is 10.1. The number of rotatable bonds is 17. The second-order valence-electron chi connectivity index (χ2n) is 27.5. The molecule has 8 rings (SSSR count). The van der Waals surface area contributed by atoms with Crippen molar-refractivity contribution in [3.8, 4) is 0 Å². The Morgan fingerprint density at radius 3 is 0.901 bits per heavy atom. The molecule has 3 amide bonds. The summed E-state index contributed by atoms with van der Waals surface area (Å²) >= 11 is 0. The SMILES string of the molecule is C.C.C.C.C.C.CC.CC(=O)N(C)c1ccc(N(C)C)c(CO)c1.CC(=O)O.CCc1cc(N(C)C(C)=O)ccc1N(C)C.CCc1cc(N)ccc1N(C)C.CCc1cc(NC(C)=O)ccc1N(C)C.CN(C)c1ccc(N)cc1CO.CNC.Cc1cc(N)ccc1N(C)C.Cc1cc([N+](=O)[O-])ccc1N(C)C.Cc1ccc([N+](=O)[O-])cc1C. The third kappa shape index (κ3) is 48.9. The number of aryl methyl sites for hydroxylation is 7. The number of benzene rings is 8. The van der Waals surface area contributed by atoms with E-state index in [1.807, 2.05) is 247 Å². The first kappa shape index (κ1) is 127. The summed E-state index contributed by atoms with van der Waals surface area (Å²) in [5.41, 5.74) is 39.7. The van der Waals surface area contributed by atoms with Gasteiger partial charge in [0.1, 0.15) is 0 Å². The number of nitrogens with one attached hydrogen (secondary N) is 2. The van der Waals surface area contributed by atoms with E-state index in [9.17, 15) is 39.7 Å². The van der Waals surface area contributed by atoms with E-state index in [2.05, 4.69) is 76.1 Å². The number of nitrogen functional groups attached to an aromatic ring is 3. The lowest BCUT2D eigenvalue weighted by Crippen LogP contribution is -2.23. The molecule has 27 nitrogen and oxygen atoms in total. The highest BCUT2D eigenvalue weighted by atomic mass is 16.6. The molecule has 8 aromatic carbocycles. The van der Waals surface area contributed by atoms with Crippen molar-refractivity contribution in [2.75, 3.05) is 193 Å². The number of aliphatic hydroxyl groups excluding tert-OH is 2. The fourth-order valence-electron chi connectivity index (χ4n) is 10.6. The second kappa shape index (κ2) is 67.1. The third-order valence-electron chi connectivity index (χ3n) is 16.6. The normalized spacial score (nSPS) is 9.07. The number of non-ortho nitro benzene ring substituents is 2. The van der Waals surface area contributed by atoms with Crippen LogP contribution in [0.2, 0.25) is 0 Å². The van der Waals surface area contributed by atoms with Crippen molar-refractivity contribution >= 4 is 109 Å². The van der Waals surface area contributed by atoms with Crippen molar-refractivity contribution in [1.82, 2.24) is 5.32 Å². The van der Waals surface area contributed by atoms with Crippen LogP contribution in [-0.2, 0) is 51.7 Å². The number of nitro benzene ring substituents is 2. The molecular formula is C94H162N16O11. The number of carboxylic acid groups (broad SMARTS) is 1. The maximum atomic E-state index is 11.3. The van der Waals surface area contributed by atoms with Crippen LogP contribution in [0.4, 0.5) is 85.3 Å². The van der Waals surface area contributed by atoms with Gasteiger partial charge in [-0.15, -0.1) is 0 Å². The van der Waals surface area contributed by atoms with Gasteiger partial charge >= 0.3 is 0 Å². The van der Waals surface area contributed by atoms with E-state index in [-0.39, 0.29) is 96.7 Å². The number of amides is 3. The van der Waals surface area contributed by atoms with Crippen LogP contribution >= 0.6 is 0 Å². The van der Waals surface area contributed by atoms with E-state index in [0.29, 0.717) is 5.69 Å². The van der Waals surface area contributed by atoms with Gasteiger partial charge in [-0.2, -0.15) is 0 Å². The predicted octanol–water partition coefficient (Wildman–Crippen LogP) is 19.1. The van der Waals surface area contributed by atoms with E-state index in [1.54, 1.807) is 61.2 Å². The van der Waals surface area contributed by atoms with Gasteiger partial charge in [0, 0.05) is 250 Å². The summed E-state index contributed by atoms with van der Waals surface area (Å²) in [7, 11) is 35.0. The zero-order chi connectivity index (χ0) is 89.4. The van der Waals surface area contributed by atoms with E-state index < -0.39 is 5.97 Å². The van der Waals surface area contributed by atoms with E-state index in [4.69, 9.17) is 32.2 Å². The van der Waals surface area contributed by atoms with Crippen molar-refractivity contribution in [1.29, 1.82) is 0 Å². The lowest BCUT2D eigenvalue weighted by Gasteiger charge is -2.21. The first-order valence-corrected chi connectivity index (χ1v) is 37.6. The molecule has 0 aromatic heterocycles. The Morgan fingerprint density at radius 1 is 0.364 bits per heavy atom. The van der Waals surface area contributed by atoms with E-state index in [1.165, 1.54) is 71.0 Å². The Morgan fingerprint density at radius 2 is 0.612 bits per heavy atom. The molecule has 0 fully saturated rings. The van der Waals surface area contributed by atoms with Gasteiger partial charge in [-0.05, 0) is 215 Å². The Labute approximate surface area is 731 Å². The molecule has 0 aliphatic carbocycles. The summed E-state index contributed by atoms with van der Waals surface area (Å²) in [5.74, 6) is -0.837. The molecule has 0 radical (unpaired) electrons. The molecule has 0 aliphatic heterocycles. The number of carbonyl (C=O) groups excluding carboxylic acids is 3. The minimum absolute atomic E-state index is 0. The molecule has 0 heterocycles. The van der Waals surface area contributed by atoms with Crippen LogP contribution in [0.3, 0.4) is 0 Å². The molecule has 0 saturated carbocycles. The van der Waals surface area contributed by atoms with Crippen molar-refractivity contribution in [2.45, 2.75) is 167 Å². The standard InChI is InChI=1S/C13H20N2O.C12H18N2O2.C12H18N2O.C10H16N2.C9H12N2O2.C9H14N2O.C9H14N2.C8H9NO2.C2H7N.C2H4O2.C2H6.6CH4/c1-6-11-9-12(15(5)10(2)16)7-8-13(11)14(3)4;1-9(16)14(4)11-5-6-12(13(2)3)10(7-11)8-15;1-5-10-8-11(13-9(2)15)6-7-12(10)14(3)4;1-4-8-7-9(11)5-6-10(8)12(2)3;1-7-6-8(11(12)13)4-5-9(7)10(2)3;1-11(2)9-4-3-8(10)5-7(9)6-12;1-7-6-8(10)4-5-9(7)11(2)3;1-6-3-4-8(9(10)11)5-7(6)2;1-3-2;1-2(3)4;1-2;;;;;;/h7-9H,6H2,1-5H3;5-7,15H,8H2,1-4H3;6-8H,5H2,1-4H3,(H,13,15);5-7H,4,11H2,1-3H3;4-6H,1-3H3;3-5,12H,6,10H2,1-2H3;4-6H,10H2,1-3H3;3-5H,1-2H3;3H,1-2H3;1H3,(H,3,4);1-2H3;6*1H4. The van der Waals surface area contributed by atoms with Gasteiger partial charge in [0.15, 0.2) is 0 Å². The molecule has 121 heavy (non-hydrogen) atoms. The molecular weight excluding hydrogens is 1530 g/mol. The van der Waals surface area contributed by atoms with E-state index in [0.717, 1.165) is 99.5 Å². The highest BCUT2D eigenvalue weighted by Gasteiger charge is 2.14. The first-order chi connectivity index (χ1) is 53.7. The number of nitrogens with zero attached hydrogens (tertiary/aromatic N) is 11. The van der Waals surface area contributed by atoms with E-state index >= 15 is 0 Å². The molecule has 11 N–H and O–H groups in total. The molecule has 27 heteroatoms. The van der Waals surface area contributed by atoms with Crippen molar-refractivity contribution in [2.24, 2.45) is 0 Å². The fraction of sp³-hybridized carbons (Fsp3) is 0.447. The zero-order valence-corrected chi connectivity index (χ0v) is 74.7. The molecule has 0 unspecified atom stereocenters. The zero-order valence-electron chi connectivity index (χ0n) is 74.7. The van der Waals surface area contributed by atoms with Crippen LogP contribution in [0, 0.1) is 47.9 Å². The molecule has 0 aliphatic rings. The van der Waals surface area contributed by atoms with Gasteiger partial charge < -0.3 is 87.3 Å². The summed E-state index contributed by atoms with van der Waals surface area (Å²) in [6.45, 7) is 23.8. The highest BCUT2D eigenvalue weighted by molar-refractivity contribution is 5.92. The summed E-state index contributed by atoms with van der Waals surface area (Å²) < 4.78 is 0. The van der Waals surface area contributed by atoms with Gasteiger partial charge in [0.05, 0.1) is 23.1 Å². The summed E-state index contributed by atoms with van der Waals surface area (Å²) in [4.78, 5) is 79.7. The maximum Gasteiger partial charge on any atom is 0.300 e. The molecule has 0 saturated heterocycles. The van der Waals surface area contributed by atoms with Crippen molar-refractivity contribution < 1.29 is 44.3 Å². The topological polar surface area (TPSA) is 347 Å². The minimum atomic E-state index is -0.833. The number of hydrogen-bond donors (Lipinski definition) is 8.